The summed E-state index contributed by atoms with van der Waals surface area (Å²) in [7, 11) is 0. The van der Waals surface area contributed by atoms with Crippen molar-refractivity contribution in [3.05, 3.63) is 34.4 Å². The molecule has 0 radical (unpaired) electrons. The lowest BCUT2D eigenvalue weighted by atomic mass is 10.0. The highest BCUT2D eigenvalue weighted by atomic mass is 79.9. The molecule has 72 valence electrons. The van der Waals surface area contributed by atoms with Crippen LogP contribution in [0, 0.1) is 25.5 Å². The van der Waals surface area contributed by atoms with E-state index in [2.05, 4.69) is 15.9 Å². The lowest BCUT2D eigenvalue weighted by molar-refractivity contribution is 0.497. The number of hydrogen-bond donors (Lipinski definition) is 0. The van der Waals surface area contributed by atoms with Crippen LogP contribution in [-0.4, -0.2) is 0 Å². The Kier molecular flexibility index (Phi) is 3.06. The van der Waals surface area contributed by atoms with Gasteiger partial charge in [0, 0.05) is 10.4 Å². The summed E-state index contributed by atoms with van der Waals surface area (Å²) >= 11 is 3.25. The average molecular weight is 249 g/mol. The first-order valence-corrected chi connectivity index (χ1v) is 4.96. The normalized spacial score (nSPS) is 13.1. The molecule has 0 fully saturated rings. The van der Waals surface area contributed by atoms with Gasteiger partial charge in [-0.15, -0.1) is 0 Å². The maximum atomic E-state index is 13.3. The monoisotopic (exact) mass is 248 g/mol. The Bertz CT molecular complexity index is 306. The van der Waals surface area contributed by atoms with Crippen LogP contribution < -0.4 is 0 Å². The highest BCUT2D eigenvalue weighted by Crippen LogP contribution is 2.30. The fraction of sp³-hybridized carbons (Fsp3) is 0.400. The summed E-state index contributed by atoms with van der Waals surface area (Å²) in [5.74, 6) is -1.52. The minimum absolute atomic E-state index is 0.165. The Hall–Kier alpha value is -0.440. The quantitative estimate of drug-likeness (QED) is 0.659. The molecular weight excluding hydrogens is 238 g/mol. The molecular formula is C10H11BrF2. The van der Waals surface area contributed by atoms with Crippen molar-refractivity contribution in [2.24, 2.45) is 0 Å². The van der Waals surface area contributed by atoms with E-state index in [-0.39, 0.29) is 4.83 Å². The molecule has 0 aliphatic carbocycles. The third-order valence-corrected chi connectivity index (χ3v) is 2.64. The molecule has 0 aliphatic rings. The van der Waals surface area contributed by atoms with Gasteiger partial charge in [-0.3, -0.25) is 0 Å². The summed E-state index contributed by atoms with van der Waals surface area (Å²) < 4.78 is 26.3. The van der Waals surface area contributed by atoms with Crippen LogP contribution in [0.3, 0.4) is 0 Å². The molecule has 0 N–H and O–H groups in total. The van der Waals surface area contributed by atoms with Gasteiger partial charge in [0.05, 0.1) is 0 Å². The van der Waals surface area contributed by atoms with Gasteiger partial charge in [0.2, 0.25) is 0 Å². The van der Waals surface area contributed by atoms with Gasteiger partial charge in [0.1, 0.15) is 0 Å². The van der Waals surface area contributed by atoms with Gasteiger partial charge in [-0.2, -0.15) is 0 Å². The SMILES string of the molecule is Cc1cc(F)c(F)c(C(C)Br)c1C. The maximum Gasteiger partial charge on any atom is 0.163 e. The van der Waals surface area contributed by atoms with Crippen molar-refractivity contribution in [1.29, 1.82) is 0 Å². The van der Waals surface area contributed by atoms with Crippen molar-refractivity contribution in [3.8, 4) is 0 Å². The average Bonchev–Trinajstić information content (AvgIpc) is 2.01. The molecule has 0 heterocycles. The van der Waals surface area contributed by atoms with Gasteiger partial charge < -0.3 is 0 Å². The smallest absolute Gasteiger partial charge is 0.163 e. The molecule has 1 unspecified atom stereocenters. The Labute approximate surface area is 85.1 Å². The highest BCUT2D eigenvalue weighted by molar-refractivity contribution is 9.09. The number of alkyl halides is 1. The molecule has 0 nitrogen and oxygen atoms in total. The lowest BCUT2D eigenvalue weighted by Crippen LogP contribution is -2.00. The number of halogens is 3. The van der Waals surface area contributed by atoms with Gasteiger partial charge in [-0.05, 0) is 38.0 Å². The molecule has 13 heavy (non-hydrogen) atoms. The fourth-order valence-corrected chi connectivity index (χ4v) is 1.88. The van der Waals surface area contributed by atoms with Crippen molar-refractivity contribution in [2.75, 3.05) is 0 Å². The molecule has 1 rings (SSSR count). The first-order valence-electron chi connectivity index (χ1n) is 4.04. The van der Waals surface area contributed by atoms with E-state index in [0.717, 1.165) is 11.1 Å². The number of benzene rings is 1. The molecule has 1 aromatic rings. The molecule has 1 atom stereocenters. The summed E-state index contributed by atoms with van der Waals surface area (Å²) in [6.45, 7) is 5.35. The maximum absolute atomic E-state index is 13.3. The Morgan fingerprint density at radius 3 is 2.31 bits per heavy atom. The van der Waals surface area contributed by atoms with Gasteiger partial charge in [-0.1, -0.05) is 15.9 Å². The Balaban J connectivity index is 3.46. The van der Waals surface area contributed by atoms with Gasteiger partial charge in [-0.25, -0.2) is 8.78 Å². The zero-order valence-corrected chi connectivity index (χ0v) is 9.37. The van der Waals surface area contributed by atoms with Crippen LogP contribution in [0.4, 0.5) is 8.78 Å². The van der Waals surface area contributed by atoms with Crippen molar-refractivity contribution in [3.63, 3.8) is 0 Å². The Morgan fingerprint density at radius 1 is 1.31 bits per heavy atom. The molecule has 0 amide bonds. The van der Waals surface area contributed by atoms with Gasteiger partial charge in [0.15, 0.2) is 11.6 Å². The molecule has 0 aromatic heterocycles. The van der Waals surface area contributed by atoms with Crippen LogP contribution in [-0.2, 0) is 0 Å². The van der Waals surface area contributed by atoms with Crippen molar-refractivity contribution >= 4 is 15.9 Å². The lowest BCUT2D eigenvalue weighted by Gasteiger charge is -2.12. The van der Waals surface area contributed by atoms with E-state index >= 15 is 0 Å². The van der Waals surface area contributed by atoms with E-state index in [1.54, 1.807) is 20.8 Å². The fourth-order valence-electron chi connectivity index (χ4n) is 1.34. The molecule has 1 aromatic carbocycles. The molecule has 0 saturated heterocycles. The first-order chi connectivity index (χ1) is 5.95. The second-order valence-electron chi connectivity index (χ2n) is 3.14. The van der Waals surface area contributed by atoms with Crippen LogP contribution in [0.2, 0.25) is 0 Å². The summed E-state index contributed by atoms with van der Waals surface area (Å²) in [6.07, 6.45) is 0. The zero-order chi connectivity index (χ0) is 10.2. The van der Waals surface area contributed by atoms with Crippen molar-refractivity contribution < 1.29 is 8.78 Å². The second-order valence-corrected chi connectivity index (χ2v) is 4.52. The highest BCUT2D eigenvalue weighted by Gasteiger charge is 2.16. The summed E-state index contributed by atoms with van der Waals surface area (Å²) in [5, 5.41) is 0. The van der Waals surface area contributed by atoms with E-state index in [0.29, 0.717) is 5.56 Å². The predicted molar refractivity (Wildman–Crippen MR) is 53.2 cm³/mol. The molecule has 0 spiro atoms. The third kappa shape index (κ3) is 1.90. The minimum Gasteiger partial charge on any atom is -0.204 e. The largest absolute Gasteiger partial charge is 0.204 e. The summed E-state index contributed by atoms with van der Waals surface area (Å²) in [5.41, 5.74) is 2.00. The van der Waals surface area contributed by atoms with Gasteiger partial charge in [0.25, 0.3) is 0 Å². The van der Waals surface area contributed by atoms with Crippen LogP contribution >= 0.6 is 15.9 Å². The topological polar surface area (TPSA) is 0 Å². The second kappa shape index (κ2) is 3.74. The number of aryl methyl sites for hydroxylation is 1. The molecule has 0 aliphatic heterocycles. The van der Waals surface area contributed by atoms with E-state index in [1.807, 2.05) is 0 Å². The van der Waals surface area contributed by atoms with Gasteiger partial charge >= 0.3 is 0 Å². The Morgan fingerprint density at radius 2 is 1.85 bits per heavy atom. The zero-order valence-electron chi connectivity index (χ0n) is 7.79. The number of hydrogen-bond acceptors (Lipinski definition) is 0. The van der Waals surface area contributed by atoms with E-state index < -0.39 is 11.6 Å². The molecule has 0 saturated carbocycles. The minimum atomic E-state index is -0.774. The molecule has 0 bridgehead atoms. The third-order valence-electron chi connectivity index (χ3n) is 2.18. The standard InChI is InChI=1S/C10H11BrF2/c1-5-4-8(12)10(13)9(6(5)2)7(3)11/h4,7H,1-3H3. The number of rotatable bonds is 1. The summed E-state index contributed by atoms with van der Waals surface area (Å²) in [6, 6.07) is 1.23. The van der Waals surface area contributed by atoms with Crippen LogP contribution in [0.25, 0.3) is 0 Å². The van der Waals surface area contributed by atoms with E-state index in [4.69, 9.17) is 0 Å². The van der Waals surface area contributed by atoms with Crippen molar-refractivity contribution in [1.82, 2.24) is 0 Å². The summed E-state index contributed by atoms with van der Waals surface area (Å²) in [4.78, 5) is -0.165. The first kappa shape index (κ1) is 10.6. The van der Waals surface area contributed by atoms with E-state index in [9.17, 15) is 8.78 Å². The van der Waals surface area contributed by atoms with Crippen LogP contribution in [0.15, 0.2) is 6.07 Å². The van der Waals surface area contributed by atoms with Crippen LogP contribution in [0.1, 0.15) is 28.4 Å². The van der Waals surface area contributed by atoms with Crippen LogP contribution in [0.5, 0.6) is 0 Å². The molecule has 3 heteroatoms. The van der Waals surface area contributed by atoms with Crippen molar-refractivity contribution in [2.45, 2.75) is 25.6 Å². The van der Waals surface area contributed by atoms with E-state index in [1.165, 1.54) is 6.07 Å². The predicted octanol–water partition coefficient (Wildman–Crippen LogP) is 4.04.